The lowest BCUT2D eigenvalue weighted by Crippen LogP contribution is -2.37. The summed E-state index contributed by atoms with van der Waals surface area (Å²) in [4.78, 5) is 2.13. The van der Waals surface area contributed by atoms with E-state index in [9.17, 15) is 5.11 Å². The zero-order valence-corrected chi connectivity index (χ0v) is 16.3. The Morgan fingerprint density at radius 1 is 1.28 bits per heavy atom. The molecule has 0 spiro atoms. The molecule has 3 atom stereocenters. The predicted molar refractivity (Wildman–Crippen MR) is 107 cm³/mol. The van der Waals surface area contributed by atoms with Gasteiger partial charge in [-0.2, -0.15) is 0 Å². The fourth-order valence-corrected chi connectivity index (χ4v) is 5.19. The van der Waals surface area contributed by atoms with Gasteiger partial charge in [0.2, 0.25) is 0 Å². The highest BCUT2D eigenvalue weighted by Crippen LogP contribution is 2.38. The summed E-state index contributed by atoms with van der Waals surface area (Å²) in [5.41, 5.74) is 7.23. The van der Waals surface area contributed by atoms with Gasteiger partial charge in [-0.15, -0.1) is 23.5 Å². The van der Waals surface area contributed by atoms with Crippen molar-refractivity contribution >= 4 is 23.5 Å². The molecular weight excluding hydrogens is 350 g/mol. The van der Waals surface area contributed by atoms with E-state index in [1.807, 2.05) is 55.1 Å². The van der Waals surface area contributed by atoms with Gasteiger partial charge in [0, 0.05) is 27.2 Å². The van der Waals surface area contributed by atoms with Crippen molar-refractivity contribution in [1.29, 1.82) is 0 Å². The van der Waals surface area contributed by atoms with Crippen molar-refractivity contribution in [3.8, 4) is 11.5 Å². The highest BCUT2D eigenvalue weighted by molar-refractivity contribution is 7.99. The predicted octanol–water partition coefficient (Wildman–Crippen LogP) is 4.90. The Morgan fingerprint density at radius 3 is 2.92 bits per heavy atom. The number of fused-ring (bicyclic) bond motifs is 1. The second kappa shape index (κ2) is 8.39. The first-order chi connectivity index (χ1) is 12.0. The second-order valence-corrected chi connectivity index (χ2v) is 8.80. The number of aromatic hydroxyl groups is 1. The topological polar surface area (TPSA) is 55.5 Å². The van der Waals surface area contributed by atoms with Crippen LogP contribution in [0.1, 0.15) is 18.9 Å². The summed E-state index contributed by atoms with van der Waals surface area (Å²) in [5.74, 6) is 4.04. The summed E-state index contributed by atoms with van der Waals surface area (Å²) in [6, 6.07) is 14.0. The lowest BCUT2D eigenvalue weighted by molar-refractivity contribution is 0.138. The van der Waals surface area contributed by atoms with Crippen molar-refractivity contribution in [3.63, 3.8) is 0 Å². The Balaban J connectivity index is 1.56. The molecule has 1 unspecified atom stereocenters. The summed E-state index contributed by atoms with van der Waals surface area (Å²) in [7, 11) is 0. The molecule has 0 aliphatic carbocycles. The molecule has 0 saturated heterocycles. The standard InChI is InChI=1S/C20H25NO2S2/c1-13(11-24-18-9-5-6-14(2)19(18)22)10-15-12-25-17-8-4-3-7-16(17)23-20(15)21/h3-9,13,15,20,22H,10-12,21H2,1-2H3/t13-,15-,20?/m0/s1. The van der Waals surface area contributed by atoms with Crippen LogP contribution in [0.3, 0.4) is 0 Å². The lowest BCUT2D eigenvalue weighted by Gasteiger charge is -2.24. The number of phenols is 1. The van der Waals surface area contributed by atoms with Crippen LogP contribution in [0.15, 0.2) is 52.3 Å². The van der Waals surface area contributed by atoms with Gasteiger partial charge in [-0.25, -0.2) is 0 Å². The minimum atomic E-state index is -0.268. The van der Waals surface area contributed by atoms with Gasteiger partial charge < -0.3 is 9.84 Å². The van der Waals surface area contributed by atoms with Gasteiger partial charge in [-0.05, 0) is 43.0 Å². The van der Waals surface area contributed by atoms with Crippen molar-refractivity contribution in [3.05, 3.63) is 48.0 Å². The largest absolute Gasteiger partial charge is 0.507 e. The van der Waals surface area contributed by atoms with Crippen LogP contribution in [-0.2, 0) is 0 Å². The Bertz CT molecular complexity index is 723. The fraction of sp³-hybridized carbons (Fsp3) is 0.400. The average molecular weight is 376 g/mol. The minimum Gasteiger partial charge on any atom is -0.507 e. The maximum atomic E-state index is 10.1. The molecule has 25 heavy (non-hydrogen) atoms. The highest BCUT2D eigenvalue weighted by atomic mass is 32.2. The smallest absolute Gasteiger partial charge is 0.151 e. The number of para-hydroxylation sites is 2. The van der Waals surface area contributed by atoms with Gasteiger partial charge in [-0.3, -0.25) is 5.73 Å². The van der Waals surface area contributed by atoms with E-state index in [2.05, 4.69) is 13.0 Å². The van der Waals surface area contributed by atoms with Crippen LogP contribution in [0.2, 0.25) is 0 Å². The van der Waals surface area contributed by atoms with Crippen LogP contribution in [0, 0.1) is 18.8 Å². The number of aryl methyl sites for hydroxylation is 1. The molecular formula is C20H25NO2S2. The third kappa shape index (κ3) is 4.66. The molecule has 0 amide bonds. The molecule has 2 aromatic rings. The quantitative estimate of drug-likeness (QED) is 0.728. The molecule has 1 aliphatic rings. The number of hydrogen-bond donors (Lipinski definition) is 2. The van der Waals surface area contributed by atoms with E-state index in [0.29, 0.717) is 17.6 Å². The molecule has 2 aromatic carbocycles. The van der Waals surface area contributed by atoms with Crippen LogP contribution >= 0.6 is 23.5 Å². The molecule has 0 aromatic heterocycles. The molecule has 0 saturated carbocycles. The van der Waals surface area contributed by atoms with E-state index in [-0.39, 0.29) is 6.23 Å². The van der Waals surface area contributed by atoms with E-state index in [1.54, 1.807) is 11.8 Å². The van der Waals surface area contributed by atoms with Crippen LogP contribution in [0.5, 0.6) is 11.5 Å². The highest BCUT2D eigenvalue weighted by Gasteiger charge is 2.26. The second-order valence-electron chi connectivity index (χ2n) is 6.67. The number of nitrogens with two attached hydrogens (primary N) is 1. The molecule has 3 rings (SSSR count). The summed E-state index contributed by atoms with van der Waals surface area (Å²) < 4.78 is 5.98. The molecule has 0 radical (unpaired) electrons. The van der Waals surface area contributed by atoms with E-state index in [1.165, 1.54) is 4.90 Å². The van der Waals surface area contributed by atoms with Crippen molar-refractivity contribution in [2.45, 2.75) is 36.3 Å². The summed E-state index contributed by atoms with van der Waals surface area (Å²) in [6.45, 7) is 4.18. The SMILES string of the molecule is Cc1cccc(SC[C@@H](C)C[C@H]2CSc3ccccc3OC2N)c1O. The van der Waals surface area contributed by atoms with Gasteiger partial charge in [0.25, 0.3) is 0 Å². The van der Waals surface area contributed by atoms with Gasteiger partial charge in [0.1, 0.15) is 11.5 Å². The number of rotatable bonds is 5. The first-order valence-electron chi connectivity index (χ1n) is 8.60. The average Bonchev–Trinajstić information content (AvgIpc) is 2.75. The number of thioether (sulfide) groups is 2. The summed E-state index contributed by atoms with van der Waals surface area (Å²) in [5, 5.41) is 10.1. The minimum absolute atomic E-state index is 0.268. The van der Waals surface area contributed by atoms with Gasteiger partial charge in [0.15, 0.2) is 6.23 Å². The Labute approximate surface area is 158 Å². The van der Waals surface area contributed by atoms with E-state index in [4.69, 9.17) is 10.5 Å². The number of benzene rings is 2. The van der Waals surface area contributed by atoms with Crippen LogP contribution in [0.4, 0.5) is 0 Å². The molecule has 3 nitrogen and oxygen atoms in total. The van der Waals surface area contributed by atoms with Gasteiger partial charge in [-0.1, -0.05) is 31.2 Å². The molecule has 5 heteroatoms. The monoisotopic (exact) mass is 375 g/mol. The molecule has 0 bridgehead atoms. The summed E-state index contributed by atoms with van der Waals surface area (Å²) in [6.07, 6.45) is 0.748. The van der Waals surface area contributed by atoms with Crippen molar-refractivity contribution < 1.29 is 9.84 Å². The Kier molecular flexibility index (Phi) is 6.20. The first-order valence-corrected chi connectivity index (χ1v) is 10.6. The van der Waals surface area contributed by atoms with E-state index in [0.717, 1.165) is 34.1 Å². The van der Waals surface area contributed by atoms with Gasteiger partial charge >= 0.3 is 0 Å². The van der Waals surface area contributed by atoms with Crippen molar-refractivity contribution in [2.75, 3.05) is 11.5 Å². The fourth-order valence-electron chi connectivity index (χ4n) is 2.97. The van der Waals surface area contributed by atoms with Crippen LogP contribution < -0.4 is 10.5 Å². The zero-order valence-electron chi connectivity index (χ0n) is 14.6. The number of ether oxygens (including phenoxy) is 1. The van der Waals surface area contributed by atoms with Crippen LogP contribution in [-0.4, -0.2) is 22.8 Å². The third-order valence-corrected chi connectivity index (χ3v) is 7.08. The lowest BCUT2D eigenvalue weighted by atomic mass is 9.97. The number of hydrogen-bond acceptors (Lipinski definition) is 5. The summed E-state index contributed by atoms with van der Waals surface area (Å²) >= 11 is 3.54. The van der Waals surface area contributed by atoms with Crippen molar-refractivity contribution in [2.24, 2.45) is 17.6 Å². The Hall–Kier alpha value is -1.30. The van der Waals surface area contributed by atoms with Crippen LogP contribution in [0.25, 0.3) is 0 Å². The van der Waals surface area contributed by atoms with E-state index < -0.39 is 0 Å². The van der Waals surface area contributed by atoms with Gasteiger partial charge in [0.05, 0.1) is 0 Å². The molecule has 0 fully saturated rings. The molecule has 3 N–H and O–H groups in total. The molecule has 1 heterocycles. The third-order valence-electron chi connectivity index (χ3n) is 4.46. The Morgan fingerprint density at radius 2 is 2.08 bits per heavy atom. The maximum Gasteiger partial charge on any atom is 0.151 e. The first kappa shape index (κ1) is 18.5. The molecule has 1 aliphatic heterocycles. The normalized spacial score (nSPS) is 21.1. The van der Waals surface area contributed by atoms with E-state index >= 15 is 0 Å². The molecule has 134 valence electrons. The maximum absolute atomic E-state index is 10.1. The number of phenolic OH excluding ortho intramolecular Hbond substituents is 1. The van der Waals surface area contributed by atoms with Crippen molar-refractivity contribution in [1.82, 2.24) is 0 Å². The zero-order chi connectivity index (χ0) is 17.8.